The van der Waals surface area contributed by atoms with Crippen molar-refractivity contribution in [2.45, 2.75) is 75.9 Å². The summed E-state index contributed by atoms with van der Waals surface area (Å²) in [6.07, 6.45) is -2.68. The average Bonchev–Trinajstić information content (AvgIpc) is 2.93. The number of fused-ring (bicyclic) bond motifs is 1. The largest absolute Gasteiger partial charge is 0.507 e. The van der Waals surface area contributed by atoms with Crippen LogP contribution in [-0.4, -0.2) is 78.7 Å². The zero-order valence-electron chi connectivity index (χ0n) is 22.7. The Labute approximate surface area is 230 Å². The minimum atomic E-state index is -0.784. The lowest BCUT2D eigenvalue weighted by molar-refractivity contribution is -0.222. The van der Waals surface area contributed by atoms with Crippen molar-refractivity contribution in [2.24, 2.45) is 0 Å². The molecular formula is C29H34O11. The molecule has 2 aliphatic heterocycles. The van der Waals surface area contributed by atoms with Crippen LogP contribution in [0.25, 0.3) is 22.1 Å². The lowest BCUT2D eigenvalue weighted by Crippen LogP contribution is -2.49. The van der Waals surface area contributed by atoms with Gasteiger partial charge in [0, 0.05) is 39.2 Å². The van der Waals surface area contributed by atoms with E-state index >= 15 is 0 Å². The number of ether oxygens (including phenoxy) is 6. The van der Waals surface area contributed by atoms with Crippen LogP contribution in [-0.2, 0) is 18.9 Å². The zero-order chi connectivity index (χ0) is 28.6. The summed E-state index contributed by atoms with van der Waals surface area (Å²) in [5.74, 6) is 0.464. The Morgan fingerprint density at radius 2 is 1.38 bits per heavy atom. The van der Waals surface area contributed by atoms with Gasteiger partial charge in [-0.15, -0.1) is 0 Å². The van der Waals surface area contributed by atoms with Crippen LogP contribution in [0.15, 0.2) is 51.9 Å². The highest BCUT2D eigenvalue weighted by atomic mass is 16.7. The maximum absolute atomic E-state index is 13.3. The first kappa shape index (κ1) is 28.3. The molecule has 0 saturated carbocycles. The summed E-state index contributed by atoms with van der Waals surface area (Å²) in [4.78, 5) is 13.3. The smallest absolute Gasteiger partial charge is 0.204 e. The van der Waals surface area contributed by atoms with Crippen LogP contribution in [0.2, 0.25) is 0 Å². The van der Waals surface area contributed by atoms with E-state index in [9.17, 15) is 20.1 Å². The van der Waals surface area contributed by atoms with Gasteiger partial charge >= 0.3 is 0 Å². The van der Waals surface area contributed by atoms with Crippen LogP contribution in [0.4, 0.5) is 0 Å². The van der Waals surface area contributed by atoms with Crippen molar-refractivity contribution in [1.82, 2.24) is 0 Å². The minimum absolute atomic E-state index is 0.0158. The fraction of sp³-hybridized carbons (Fsp3) is 0.483. The number of benzene rings is 2. The van der Waals surface area contributed by atoms with Gasteiger partial charge in [-0.05, 0) is 31.5 Å². The lowest BCUT2D eigenvalue weighted by Gasteiger charge is -2.36. The Hall–Kier alpha value is -3.19. The van der Waals surface area contributed by atoms with Gasteiger partial charge in [-0.1, -0.05) is 12.1 Å². The molecule has 0 amide bonds. The summed E-state index contributed by atoms with van der Waals surface area (Å²) in [7, 11) is 3.04. The molecule has 8 atom stereocenters. The molecule has 2 saturated heterocycles. The van der Waals surface area contributed by atoms with Crippen molar-refractivity contribution in [3.05, 3.63) is 52.9 Å². The van der Waals surface area contributed by atoms with Crippen molar-refractivity contribution >= 4 is 11.0 Å². The summed E-state index contributed by atoms with van der Waals surface area (Å²) in [6, 6.07) is 9.65. The Morgan fingerprint density at radius 1 is 0.825 bits per heavy atom. The van der Waals surface area contributed by atoms with Gasteiger partial charge in [0.2, 0.25) is 18.0 Å². The predicted octanol–water partition coefficient (Wildman–Crippen LogP) is 2.94. The number of aliphatic hydroxyl groups excluding tert-OH is 2. The van der Waals surface area contributed by atoms with Crippen molar-refractivity contribution in [1.29, 1.82) is 0 Å². The number of phenolic OH excluding ortho intramolecular Hbond substituents is 1. The van der Waals surface area contributed by atoms with Crippen molar-refractivity contribution < 1.29 is 48.2 Å². The fourth-order valence-electron chi connectivity index (χ4n) is 5.13. The molecule has 0 radical (unpaired) electrons. The van der Waals surface area contributed by atoms with Gasteiger partial charge in [-0.2, -0.15) is 0 Å². The van der Waals surface area contributed by atoms with Crippen LogP contribution >= 0.6 is 0 Å². The monoisotopic (exact) mass is 558 g/mol. The highest BCUT2D eigenvalue weighted by Gasteiger charge is 2.37. The number of aromatic hydroxyl groups is 1. The summed E-state index contributed by atoms with van der Waals surface area (Å²) in [5, 5.41) is 31.0. The third-order valence-corrected chi connectivity index (χ3v) is 7.44. The Bertz CT molecular complexity index is 1370. The zero-order valence-corrected chi connectivity index (χ0v) is 22.7. The molecular weight excluding hydrogens is 524 g/mol. The molecule has 1 aromatic heterocycles. The molecule has 2 fully saturated rings. The molecule has 216 valence electrons. The standard InChI is InChI=1S/C29H34O11/c1-14-27(31)22(34-3)11-24(37-14)39-17-7-5-16(6-8-17)19-13-36-21-10-18(9-20(30)26(21)29(19)33)40-25-12-23(35-4)28(32)15(2)38-25/h5-10,13-15,22-25,27-28,30-32H,11-12H2,1-4H3/t14-,15-,22+,23+,24+,25+,27-,28-/m1/s1. The van der Waals surface area contributed by atoms with Gasteiger partial charge in [0.05, 0.1) is 30.0 Å². The van der Waals surface area contributed by atoms with E-state index in [0.717, 1.165) is 0 Å². The fourth-order valence-corrected chi connectivity index (χ4v) is 5.13. The summed E-state index contributed by atoms with van der Waals surface area (Å²) in [6.45, 7) is 3.47. The number of hydrogen-bond donors (Lipinski definition) is 3. The summed E-state index contributed by atoms with van der Waals surface area (Å²) < 4.78 is 39.6. The topological polar surface area (TPSA) is 146 Å². The van der Waals surface area contributed by atoms with E-state index in [-0.39, 0.29) is 34.5 Å². The molecule has 3 heterocycles. The second-order valence-electron chi connectivity index (χ2n) is 10.1. The molecule has 0 bridgehead atoms. The van der Waals surface area contributed by atoms with Crippen LogP contribution in [0.1, 0.15) is 26.7 Å². The van der Waals surface area contributed by atoms with Crippen LogP contribution in [0.5, 0.6) is 17.2 Å². The Morgan fingerprint density at radius 3 is 1.93 bits per heavy atom. The van der Waals surface area contributed by atoms with E-state index in [1.165, 1.54) is 32.6 Å². The van der Waals surface area contributed by atoms with Crippen LogP contribution < -0.4 is 14.9 Å². The highest BCUT2D eigenvalue weighted by Crippen LogP contribution is 2.33. The first-order valence-electron chi connectivity index (χ1n) is 13.1. The maximum atomic E-state index is 13.3. The number of aliphatic hydroxyl groups is 2. The van der Waals surface area contributed by atoms with Crippen LogP contribution in [0.3, 0.4) is 0 Å². The second-order valence-corrected chi connectivity index (χ2v) is 10.1. The van der Waals surface area contributed by atoms with Gasteiger partial charge in [0.15, 0.2) is 0 Å². The quantitative estimate of drug-likeness (QED) is 0.393. The van der Waals surface area contributed by atoms with Gasteiger partial charge in [-0.25, -0.2) is 0 Å². The lowest BCUT2D eigenvalue weighted by atomic mass is 10.0. The molecule has 40 heavy (non-hydrogen) atoms. The molecule has 11 nitrogen and oxygen atoms in total. The molecule has 2 aliphatic rings. The third-order valence-electron chi connectivity index (χ3n) is 7.44. The normalized spacial score (nSPS) is 30.8. The van der Waals surface area contributed by atoms with Crippen molar-refractivity contribution in [3.8, 4) is 28.4 Å². The van der Waals surface area contributed by atoms with Crippen molar-refractivity contribution in [3.63, 3.8) is 0 Å². The maximum Gasteiger partial charge on any atom is 0.204 e. The molecule has 5 rings (SSSR count). The molecule has 11 heteroatoms. The van der Waals surface area contributed by atoms with E-state index in [0.29, 0.717) is 17.7 Å². The molecule has 0 unspecified atom stereocenters. The first-order chi connectivity index (χ1) is 19.2. The van der Waals surface area contributed by atoms with E-state index in [4.69, 9.17) is 32.8 Å². The molecule has 2 aromatic carbocycles. The molecule has 0 spiro atoms. The number of phenols is 1. The van der Waals surface area contributed by atoms with E-state index < -0.39 is 54.6 Å². The number of methoxy groups -OCH3 is 2. The summed E-state index contributed by atoms with van der Waals surface area (Å²) in [5.41, 5.74) is 0.564. The SMILES string of the molecule is CO[C@H]1C[C@H](Oc2ccc(-c3coc4cc(O[C@H]5C[C@H](OC)[C@H](O)[C@@H](C)O5)cc(O)c4c3=O)cc2)O[C@H](C)[C@H]1O. The molecule has 0 aliphatic carbocycles. The Balaban J connectivity index is 1.32. The predicted molar refractivity (Wildman–Crippen MR) is 142 cm³/mol. The number of hydrogen-bond acceptors (Lipinski definition) is 11. The number of rotatable bonds is 7. The van der Waals surface area contributed by atoms with Crippen LogP contribution in [0, 0.1) is 0 Å². The molecule has 3 N–H and O–H groups in total. The minimum Gasteiger partial charge on any atom is -0.507 e. The third kappa shape index (κ3) is 5.67. The highest BCUT2D eigenvalue weighted by molar-refractivity contribution is 5.88. The van der Waals surface area contributed by atoms with Crippen molar-refractivity contribution in [2.75, 3.05) is 14.2 Å². The van der Waals surface area contributed by atoms with E-state index in [1.54, 1.807) is 38.1 Å². The first-order valence-corrected chi connectivity index (χ1v) is 13.1. The Kier molecular flexibility index (Phi) is 8.31. The van der Waals surface area contributed by atoms with E-state index in [2.05, 4.69) is 0 Å². The van der Waals surface area contributed by atoms with Gasteiger partial charge < -0.3 is 48.2 Å². The molecule has 3 aromatic rings. The van der Waals surface area contributed by atoms with Gasteiger partial charge in [-0.3, -0.25) is 4.79 Å². The van der Waals surface area contributed by atoms with Gasteiger partial charge in [0.1, 0.15) is 46.7 Å². The second kappa shape index (κ2) is 11.7. The van der Waals surface area contributed by atoms with Gasteiger partial charge in [0.25, 0.3) is 0 Å². The summed E-state index contributed by atoms with van der Waals surface area (Å²) >= 11 is 0. The van der Waals surface area contributed by atoms with E-state index in [1.807, 2.05) is 0 Å². The average molecular weight is 559 g/mol.